The van der Waals surface area contributed by atoms with E-state index < -0.39 is 35.5 Å². The highest BCUT2D eigenvalue weighted by atomic mass is 16.5. The molecule has 0 aliphatic carbocycles. The molecule has 0 bridgehead atoms. The summed E-state index contributed by atoms with van der Waals surface area (Å²) in [5, 5.41) is 32.4. The maximum absolute atomic E-state index is 12.9. The van der Waals surface area contributed by atoms with Gasteiger partial charge in [-0.2, -0.15) is 0 Å². The van der Waals surface area contributed by atoms with Crippen LogP contribution in [0.1, 0.15) is 20.7 Å². The molecule has 0 radical (unpaired) electrons. The Bertz CT molecular complexity index is 775. The molecule has 0 spiro atoms. The van der Waals surface area contributed by atoms with Crippen molar-refractivity contribution in [2.24, 2.45) is 0 Å². The standard InChI is InChI=1S/C19H18O6/c20-15-11-25-12-18(23,16(21)13-7-3-1-4-8-13)19(15,24)17(22)14-9-5-2-6-10-14/h1-10,15,20,23-24H,11-12H2/t15-,18+,19-/m0/s1. The number of carbonyl (C=O) groups is 2. The quantitative estimate of drug-likeness (QED) is 0.703. The molecule has 3 rings (SSSR count). The molecule has 2 aromatic carbocycles. The highest BCUT2D eigenvalue weighted by molar-refractivity contribution is 6.12. The SMILES string of the molecule is O=C(c1ccccc1)[C@]1(O)COC[C@H](O)[C@]1(O)C(=O)c1ccccc1. The summed E-state index contributed by atoms with van der Waals surface area (Å²) in [6.07, 6.45) is -1.76. The topological polar surface area (TPSA) is 104 Å². The van der Waals surface area contributed by atoms with E-state index >= 15 is 0 Å². The minimum Gasteiger partial charge on any atom is -0.387 e. The van der Waals surface area contributed by atoms with Crippen LogP contribution in [0.15, 0.2) is 60.7 Å². The predicted octanol–water partition coefficient (Wildman–Crippen LogP) is 0.606. The molecule has 0 saturated carbocycles. The number of carbonyl (C=O) groups excluding carboxylic acids is 2. The number of benzene rings is 2. The van der Waals surface area contributed by atoms with Gasteiger partial charge in [-0.25, -0.2) is 0 Å². The summed E-state index contributed by atoms with van der Waals surface area (Å²) in [6.45, 7) is -0.980. The molecule has 1 aliphatic heterocycles. The Morgan fingerprint density at radius 1 is 0.880 bits per heavy atom. The monoisotopic (exact) mass is 342 g/mol. The largest absolute Gasteiger partial charge is 0.387 e. The summed E-state index contributed by atoms with van der Waals surface area (Å²) in [5.41, 5.74) is -5.16. The van der Waals surface area contributed by atoms with Gasteiger partial charge in [-0.3, -0.25) is 9.59 Å². The van der Waals surface area contributed by atoms with E-state index in [9.17, 15) is 24.9 Å². The molecule has 6 heteroatoms. The van der Waals surface area contributed by atoms with Gasteiger partial charge >= 0.3 is 0 Å². The molecule has 3 atom stereocenters. The molecule has 2 aromatic rings. The van der Waals surface area contributed by atoms with Crippen LogP contribution in [0.3, 0.4) is 0 Å². The van der Waals surface area contributed by atoms with Crippen LogP contribution in [-0.2, 0) is 4.74 Å². The van der Waals surface area contributed by atoms with Gasteiger partial charge in [-0.15, -0.1) is 0 Å². The third-order valence-electron chi connectivity index (χ3n) is 4.49. The first kappa shape index (κ1) is 17.4. The lowest BCUT2D eigenvalue weighted by molar-refractivity contribution is -0.219. The summed E-state index contributed by atoms with van der Waals surface area (Å²) >= 11 is 0. The van der Waals surface area contributed by atoms with E-state index in [-0.39, 0.29) is 17.7 Å². The van der Waals surface area contributed by atoms with Crippen molar-refractivity contribution in [3.63, 3.8) is 0 Å². The zero-order chi connectivity index (χ0) is 18.1. The van der Waals surface area contributed by atoms with E-state index in [0.29, 0.717) is 0 Å². The number of aliphatic hydroxyl groups excluding tert-OH is 1. The van der Waals surface area contributed by atoms with Gasteiger partial charge in [-0.05, 0) is 0 Å². The molecule has 6 nitrogen and oxygen atoms in total. The minimum absolute atomic E-state index is 0.0743. The van der Waals surface area contributed by atoms with E-state index in [1.807, 2.05) is 0 Å². The van der Waals surface area contributed by atoms with Gasteiger partial charge in [0.2, 0.25) is 5.78 Å². The van der Waals surface area contributed by atoms with E-state index in [1.54, 1.807) is 36.4 Å². The van der Waals surface area contributed by atoms with E-state index in [4.69, 9.17) is 4.74 Å². The van der Waals surface area contributed by atoms with E-state index in [1.165, 1.54) is 24.3 Å². The van der Waals surface area contributed by atoms with Crippen LogP contribution in [0, 0.1) is 0 Å². The molecule has 1 aliphatic rings. The third kappa shape index (κ3) is 2.69. The highest BCUT2D eigenvalue weighted by Crippen LogP contribution is 2.36. The number of ether oxygens (including phenoxy) is 1. The average molecular weight is 342 g/mol. The zero-order valence-corrected chi connectivity index (χ0v) is 13.3. The van der Waals surface area contributed by atoms with Crippen LogP contribution in [0.2, 0.25) is 0 Å². The van der Waals surface area contributed by atoms with Crippen LogP contribution >= 0.6 is 0 Å². The van der Waals surface area contributed by atoms with Crippen LogP contribution in [-0.4, -0.2) is 57.4 Å². The minimum atomic E-state index is -2.72. The van der Waals surface area contributed by atoms with Gasteiger partial charge in [0.1, 0.15) is 6.10 Å². The molecule has 1 fully saturated rings. The Balaban J connectivity index is 2.10. The number of hydrogen-bond acceptors (Lipinski definition) is 6. The van der Waals surface area contributed by atoms with E-state index in [2.05, 4.69) is 0 Å². The summed E-state index contributed by atoms with van der Waals surface area (Å²) in [5.74, 6) is -1.82. The van der Waals surface area contributed by atoms with Crippen LogP contribution < -0.4 is 0 Å². The molecule has 0 amide bonds. The maximum atomic E-state index is 12.9. The summed E-state index contributed by atoms with van der Waals surface area (Å²) in [4.78, 5) is 25.8. The predicted molar refractivity (Wildman–Crippen MR) is 88.3 cm³/mol. The normalized spacial score (nSPS) is 29.2. The summed E-state index contributed by atoms with van der Waals surface area (Å²) < 4.78 is 5.09. The van der Waals surface area contributed by atoms with Crippen molar-refractivity contribution in [1.29, 1.82) is 0 Å². The number of aliphatic hydroxyl groups is 3. The molecular formula is C19H18O6. The van der Waals surface area contributed by atoms with Crippen molar-refractivity contribution in [2.75, 3.05) is 13.2 Å². The fourth-order valence-electron chi connectivity index (χ4n) is 3.04. The Hall–Kier alpha value is -2.38. The van der Waals surface area contributed by atoms with Gasteiger partial charge in [0.15, 0.2) is 17.0 Å². The average Bonchev–Trinajstić information content (AvgIpc) is 2.66. The van der Waals surface area contributed by atoms with Crippen molar-refractivity contribution in [1.82, 2.24) is 0 Å². The first-order valence-electron chi connectivity index (χ1n) is 7.81. The third-order valence-corrected chi connectivity index (χ3v) is 4.49. The van der Waals surface area contributed by atoms with Gasteiger partial charge in [-0.1, -0.05) is 60.7 Å². The van der Waals surface area contributed by atoms with Crippen molar-refractivity contribution in [2.45, 2.75) is 17.3 Å². The Labute approximate surface area is 144 Å². The Kier molecular flexibility index (Phi) is 4.53. The first-order chi connectivity index (χ1) is 11.9. The van der Waals surface area contributed by atoms with E-state index in [0.717, 1.165) is 0 Å². The number of rotatable bonds is 4. The molecule has 1 heterocycles. The molecule has 3 N–H and O–H groups in total. The fraction of sp³-hybridized carbons (Fsp3) is 0.263. The zero-order valence-electron chi connectivity index (χ0n) is 13.3. The lowest BCUT2D eigenvalue weighted by Crippen LogP contribution is -2.74. The molecular weight excluding hydrogens is 324 g/mol. The second-order valence-corrected chi connectivity index (χ2v) is 6.05. The Morgan fingerprint density at radius 2 is 1.36 bits per heavy atom. The molecule has 0 aromatic heterocycles. The maximum Gasteiger partial charge on any atom is 0.200 e. The van der Waals surface area contributed by atoms with Gasteiger partial charge in [0, 0.05) is 11.1 Å². The van der Waals surface area contributed by atoms with Gasteiger partial charge in [0.25, 0.3) is 0 Å². The fourth-order valence-corrected chi connectivity index (χ4v) is 3.04. The lowest BCUT2D eigenvalue weighted by atomic mass is 9.69. The summed E-state index contributed by atoms with van der Waals surface area (Å²) in [6, 6.07) is 15.5. The van der Waals surface area contributed by atoms with Crippen molar-refractivity contribution < 1.29 is 29.6 Å². The smallest absolute Gasteiger partial charge is 0.200 e. The van der Waals surface area contributed by atoms with Gasteiger partial charge in [0.05, 0.1) is 13.2 Å². The highest BCUT2D eigenvalue weighted by Gasteiger charge is 2.65. The summed E-state index contributed by atoms with van der Waals surface area (Å²) in [7, 11) is 0. The van der Waals surface area contributed by atoms with Crippen LogP contribution in [0.5, 0.6) is 0 Å². The number of hydrogen-bond donors (Lipinski definition) is 3. The lowest BCUT2D eigenvalue weighted by Gasteiger charge is -2.46. The molecule has 1 saturated heterocycles. The molecule has 130 valence electrons. The second-order valence-electron chi connectivity index (χ2n) is 6.05. The second kappa shape index (κ2) is 6.50. The van der Waals surface area contributed by atoms with Crippen LogP contribution in [0.25, 0.3) is 0 Å². The van der Waals surface area contributed by atoms with Crippen molar-refractivity contribution in [3.05, 3.63) is 71.8 Å². The van der Waals surface area contributed by atoms with Crippen molar-refractivity contribution >= 4 is 11.6 Å². The van der Waals surface area contributed by atoms with Gasteiger partial charge < -0.3 is 20.1 Å². The first-order valence-corrected chi connectivity index (χ1v) is 7.81. The molecule has 25 heavy (non-hydrogen) atoms. The molecule has 0 unspecified atom stereocenters. The number of ketones is 2. The van der Waals surface area contributed by atoms with Crippen molar-refractivity contribution in [3.8, 4) is 0 Å². The van der Waals surface area contributed by atoms with Crippen LogP contribution in [0.4, 0.5) is 0 Å². The Morgan fingerprint density at radius 3 is 1.88 bits per heavy atom. The number of Topliss-reactive ketones (excluding diaryl/α,β-unsaturated/α-hetero) is 2.